The van der Waals surface area contributed by atoms with Crippen LogP contribution in [-0.4, -0.2) is 83.9 Å². The molecule has 6 nitrogen and oxygen atoms in total. The lowest BCUT2D eigenvalue weighted by atomic mass is 10.2. The van der Waals surface area contributed by atoms with Gasteiger partial charge in [0.1, 0.15) is 0 Å². The zero-order valence-corrected chi connectivity index (χ0v) is 15.1. The third kappa shape index (κ3) is 4.51. The molecule has 0 unspecified atom stereocenters. The minimum atomic E-state index is 0.128. The van der Waals surface area contributed by atoms with Crippen LogP contribution >= 0.6 is 0 Å². The standard InChI is InChI=1S/C19H28N4O2/c1-2-18(24)21-12-14-23(15-13-21)19(25)22-10-8-20(9-11-22)16-17-6-4-3-5-7-17/h3-7H,2,8-16H2,1H3. The van der Waals surface area contributed by atoms with Gasteiger partial charge >= 0.3 is 6.03 Å². The summed E-state index contributed by atoms with van der Waals surface area (Å²) >= 11 is 0. The average Bonchev–Trinajstić information content (AvgIpc) is 2.68. The van der Waals surface area contributed by atoms with Crippen molar-refractivity contribution in [3.63, 3.8) is 0 Å². The summed E-state index contributed by atoms with van der Waals surface area (Å²) in [6.45, 7) is 8.82. The van der Waals surface area contributed by atoms with E-state index in [2.05, 4.69) is 29.2 Å². The number of hydrogen-bond acceptors (Lipinski definition) is 3. The van der Waals surface area contributed by atoms with Gasteiger partial charge in [-0.2, -0.15) is 0 Å². The number of amides is 3. The molecule has 0 spiro atoms. The van der Waals surface area contributed by atoms with Gasteiger partial charge in [0.25, 0.3) is 0 Å². The molecule has 2 aliphatic rings. The van der Waals surface area contributed by atoms with Crippen LogP contribution in [0.1, 0.15) is 18.9 Å². The lowest BCUT2D eigenvalue weighted by Gasteiger charge is -2.40. The molecule has 3 rings (SSSR count). The molecule has 0 saturated carbocycles. The van der Waals surface area contributed by atoms with Crippen LogP contribution in [0.25, 0.3) is 0 Å². The highest BCUT2D eigenvalue weighted by Crippen LogP contribution is 2.12. The third-order valence-electron chi connectivity index (χ3n) is 5.10. The van der Waals surface area contributed by atoms with E-state index in [0.717, 1.165) is 32.7 Å². The molecule has 0 aromatic heterocycles. The number of piperazine rings is 2. The molecule has 3 amide bonds. The van der Waals surface area contributed by atoms with Crippen LogP contribution in [-0.2, 0) is 11.3 Å². The van der Waals surface area contributed by atoms with Gasteiger partial charge in [0, 0.05) is 65.3 Å². The molecular weight excluding hydrogens is 316 g/mol. The molecule has 1 aromatic carbocycles. The number of hydrogen-bond donors (Lipinski definition) is 0. The van der Waals surface area contributed by atoms with Gasteiger partial charge < -0.3 is 14.7 Å². The first-order chi connectivity index (χ1) is 12.2. The SMILES string of the molecule is CCC(=O)N1CCN(C(=O)N2CCN(Cc3ccccc3)CC2)CC1. The first-order valence-electron chi connectivity index (χ1n) is 9.25. The Balaban J connectivity index is 1.43. The summed E-state index contributed by atoms with van der Waals surface area (Å²) in [5, 5.41) is 0. The molecule has 2 saturated heterocycles. The molecule has 2 fully saturated rings. The van der Waals surface area contributed by atoms with Crippen LogP contribution in [0.2, 0.25) is 0 Å². The van der Waals surface area contributed by atoms with Crippen molar-refractivity contribution in [1.82, 2.24) is 19.6 Å². The Morgan fingerprint density at radius 1 is 0.800 bits per heavy atom. The van der Waals surface area contributed by atoms with E-state index in [1.165, 1.54) is 5.56 Å². The van der Waals surface area contributed by atoms with Crippen molar-refractivity contribution in [2.75, 3.05) is 52.4 Å². The Hall–Kier alpha value is -2.08. The summed E-state index contributed by atoms with van der Waals surface area (Å²) in [7, 11) is 0. The van der Waals surface area contributed by atoms with Crippen LogP contribution < -0.4 is 0 Å². The molecule has 2 heterocycles. The normalized spacial score (nSPS) is 19.2. The van der Waals surface area contributed by atoms with E-state index >= 15 is 0 Å². The molecule has 0 aliphatic carbocycles. The summed E-state index contributed by atoms with van der Waals surface area (Å²) in [6, 6.07) is 10.6. The Bertz CT molecular complexity index is 576. The van der Waals surface area contributed by atoms with Crippen LogP contribution in [0.5, 0.6) is 0 Å². The summed E-state index contributed by atoms with van der Waals surface area (Å²) in [5.74, 6) is 0.182. The fourth-order valence-electron chi connectivity index (χ4n) is 3.51. The van der Waals surface area contributed by atoms with Crippen molar-refractivity contribution >= 4 is 11.9 Å². The highest BCUT2D eigenvalue weighted by atomic mass is 16.2. The Kier molecular flexibility index (Phi) is 5.91. The monoisotopic (exact) mass is 344 g/mol. The maximum absolute atomic E-state index is 12.7. The molecule has 136 valence electrons. The van der Waals surface area contributed by atoms with Crippen molar-refractivity contribution < 1.29 is 9.59 Å². The Morgan fingerprint density at radius 3 is 1.88 bits per heavy atom. The first kappa shape index (κ1) is 17.7. The van der Waals surface area contributed by atoms with Crippen LogP contribution in [0.4, 0.5) is 4.79 Å². The smallest absolute Gasteiger partial charge is 0.320 e. The van der Waals surface area contributed by atoms with E-state index in [0.29, 0.717) is 32.6 Å². The van der Waals surface area contributed by atoms with Crippen LogP contribution in [0, 0.1) is 0 Å². The van der Waals surface area contributed by atoms with Crippen LogP contribution in [0.3, 0.4) is 0 Å². The first-order valence-corrected chi connectivity index (χ1v) is 9.25. The minimum absolute atomic E-state index is 0.128. The van der Waals surface area contributed by atoms with Gasteiger partial charge in [0.15, 0.2) is 0 Å². The summed E-state index contributed by atoms with van der Waals surface area (Å²) in [5.41, 5.74) is 1.32. The van der Waals surface area contributed by atoms with Crippen molar-refractivity contribution in [2.45, 2.75) is 19.9 Å². The second-order valence-electron chi connectivity index (χ2n) is 6.75. The quantitative estimate of drug-likeness (QED) is 0.834. The Morgan fingerprint density at radius 2 is 1.32 bits per heavy atom. The zero-order valence-electron chi connectivity index (χ0n) is 15.1. The maximum Gasteiger partial charge on any atom is 0.320 e. The van der Waals surface area contributed by atoms with Crippen molar-refractivity contribution in [1.29, 1.82) is 0 Å². The van der Waals surface area contributed by atoms with Crippen molar-refractivity contribution in [2.24, 2.45) is 0 Å². The molecule has 2 aliphatic heterocycles. The van der Waals surface area contributed by atoms with Gasteiger partial charge in [0.05, 0.1) is 0 Å². The van der Waals surface area contributed by atoms with E-state index in [4.69, 9.17) is 0 Å². The number of nitrogens with zero attached hydrogens (tertiary/aromatic N) is 4. The summed E-state index contributed by atoms with van der Waals surface area (Å²) in [4.78, 5) is 32.5. The van der Waals surface area contributed by atoms with E-state index in [-0.39, 0.29) is 11.9 Å². The van der Waals surface area contributed by atoms with E-state index < -0.39 is 0 Å². The maximum atomic E-state index is 12.7. The van der Waals surface area contributed by atoms with E-state index in [9.17, 15) is 9.59 Å². The van der Waals surface area contributed by atoms with Gasteiger partial charge in [-0.15, -0.1) is 0 Å². The topological polar surface area (TPSA) is 47.1 Å². The van der Waals surface area contributed by atoms with E-state index in [1.54, 1.807) is 0 Å². The van der Waals surface area contributed by atoms with Gasteiger partial charge in [-0.1, -0.05) is 37.3 Å². The van der Waals surface area contributed by atoms with Gasteiger partial charge in [-0.25, -0.2) is 4.79 Å². The molecule has 0 N–H and O–H groups in total. The number of carbonyl (C=O) groups is 2. The predicted octanol–water partition coefficient (Wildman–Crippen LogP) is 1.48. The average molecular weight is 344 g/mol. The highest BCUT2D eigenvalue weighted by molar-refractivity contribution is 5.77. The number of urea groups is 1. The number of benzene rings is 1. The van der Waals surface area contributed by atoms with Gasteiger partial charge in [-0.05, 0) is 5.56 Å². The number of carbonyl (C=O) groups excluding carboxylic acids is 2. The minimum Gasteiger partial charge on any atom is -0.339 e. The highest BCUT2D eigenvalue weighted by Gasteiger charge is 2.28. The Labute approximate surface area is 150 Å². The van der Waals surface area contributed by atoms with Crippen molar-refractivity contribution in [3.05, 3.63) is 35.9 Å². The lowest BCUT2D eigenvalue weighted by molar-refractivity contribution is -0.132. The van der Waals surface area contributed by atoms with E-state index in [1.807, 2.05) is 27.7 Å². The zero-order chi connectivity index (χ0) is 17.6. The molecule has 6 heteroatoms. The molecular formula is C19H28N4O2. The number of rotatable bonds is 3. The largest absolute Gasteiger partial charge is 0.339 e. The predicted molar refractivity (Wildman–Crippen MR) is 97.1 cm³/mol. The second kappa shape index (κ2) is 8.34. The van der Waals surface area contributed by atoms with Crippen molar-refractivity contribution in [3.8, 4) is 0 Å². The fraction of sp³-hybridized carbons (Fsp3) is 0.579. The molecule has 0 bridgehead atoms. The van der Waals surface area contributed by atoms with Crippen LogP contribution in [0.15, 0.2) is 30.3 Å². The lowest BCUT2D eigenvalue weighted by Crippen LogP contribution is -2.57. The third-order valence-corrected chi connectivity index (χ3v) is 5.10. The van der Waals surface area contributed by atoms with Gasteiger partial charge in [-0.3, -0.25) is 9.69 Å². The molecule has 0 atom stereocenters. The van der Waals surface area contributed by atoms with Gasteiger partial charge in [0.2, 0.25) is 5.91 Å². The fourth-order valence-corrected chi connectivity index (χ4v) is 3.51. The summed E-state index contributed by atoms with van der Waals surface area (Å²) in [6.07, 6.45) is 0.539. The molecule has 25 heavy (non-hydrogen) atoms. The summed E-state index contributed by atoms with van der Waals surface area (Å²) < 4.78 is 0. The second-order valence-corrected chi connectivity index (χ2v) is 6.75. The molecule has 0 radical (unpaired) electrons. The molecule has 1 aromatic rings.